The van der Waals surface area contributed by atoms with Crippen molar-refractivity contribution in [3.05, 3.63) is 29.7 Å². The number of likely N-dealkylation sites (N-methyl/N-ethyl adjacent to an activating group) is 1. The van der Waals surface area contributed by atoms with Gasteiger partial charge in [0, 0.05) is 30.6 Å². The van der Waals surface area contributed by atoms with E-state index in [1.165, 1.54) is 11.3 Å². The SMILES string of the molecule is CN(C(=O)Cc1csc(-c2ccoc2)n1)C1CCNC1.Cl.Cl. The molecular formula is C14H19Cl2N3O2S. The third-order valence-corrected chi connectivity index (χ3v) is 4.57. The quantitative estimate of drug-likeness (QED) is 0.906. The number of hydrogen-bond donors (Lipinski definition) is 1. The van der Waals surface area contributed by atoms with Gasteiger partial charge in [0.15, 0.2) is 0 Å². The molecule has 0 aromatic carbocycles. The summed E-state index contributed by atoms with van der Waals surface area (Å²) < 4.78 is 5.05. The van der Waals surface area contributed by atoms with Crippen molar-refractivity contribution in [1.29, 1.82) is 0 Å². The standard InChI is InChI=1S/C14H17N3O2S.2ClH/c1-17(12-2-4-15-7-12)13(18)6-11-9-20-14(16-11)10-3-5-19-8-10;;/h3,5,8-9,12,15H,2,4,6-7H2,1H3;2*1H. The molecule has 1 unspecified atom stereocenters. The number of aromatic nitrogens is 1. The van der Waals surface area contributed by atoms with Crippen molar-refractivity contribution >= 4 is 42.1 Å². The Labute approximate surface area is 145 Å². The summed E-state index contributed by atoms with van der Waals surface area (Å²) in [6.07, 6.45) is 4.68. The summed E-state index contributed by atoms with van der Waals surface area (Å²) in [5, 5.41) is 6.12. The van der Waals surface area contributed by atoms with E-state index >= 15 is 0 Å². The summed E-state index contributed by atoms with van der Waals surface area (Å²) in [5.74, 6) is 0.128. The third-order valence-electron chi connectivity index (χ3n) is 3.63. The molecule has 0 saturated carbocycles. The Kier molecular flexibility index (Phi) is 7.35. The van der Waals surface area contributed by atoms with Gasteiger partial charge in [0.1, 0.15) is 11.3 Å². The van der Waals surface area contributed by atoms with Crippen LogP contribution in [0.15, 0.2) is 28.4 Å². The van der Waals surface area contributed by atoms with E-state index in [0.717, 1.165) is 35.8 Å². The molecule has 0 bridgehead atoms. The highest BCUT2D eigenvalue weighted by Crippen LogP contribution is 2.24. The molecule has 3 heterocycles. The molecule has 0 spiro atoms. The van der Waals surface area contributed by atoms with Gasteiger partial charge < -0.3 is 14.6 Å². The molecule has 22 heavy (non-hydrogen) atoms. The molecule has 1 saturated heterocycles. The number of hydrogen-bond acceptors (Lipinski definition) is 5. The molecular weight excluding hydrogens is 345 g/mol. The third kappa shape index (κ3) is 4.23. The van der Waals surface area contributed by atoms with Crippen molar-refractivity contribution in [2.45, 2.75) is 18.9 Å². The molecule has 1 fully saturated rings. The number of carbonyl (C=O) groups excluding carboxylic acids is 1. The Morgan fingerprint density at radius 3 is 3.00 bits per heavy atom. The smallest absolute Gasteiger partial charge is 0.228 e. The Bertz CT molecular complexity index is 583. The van der Waals surface area contributed by atoms with Crippen LogP contribution < -0.4 is 5.32 Å². The van der Waals surface area contributed by atoms with Crippen LogP contribution in [0, 0.1) is 0 Å². The minimum Gasteiger partial charge on any atom is -0.472 e. The molecule has 2 aromatic heterocycles. The van der Waals surface area contributed by atoms with Crippen molar-refractivity contribution in [1.82, 2.24) is 15.2 Å². The van der Waals surface area contributed by atoms with Crippen LogP contribution in [0.1, 0.15) is 12.1 Å². The highest BCUT2D eigenvalue weighted by atomic mass is 35.5. The number of carbonyl (C=O) groups is 1. The van der Waals surface area contributed by atoms with E-state index < -0.39 is 0 Å². The topological polar surface area (TPSA) is 58.4 Å². The van der Waals surface area contributed by atoms with Crippen LogP contribution in [-0.4, -0.2) is 42.0 Å². The number of thiazole rings is 1. The van der Waals surface area contributed by atoms with E-state index in [0.29, 0.717) is 12.5 Å². The summed E-state index contributed by atoms with van der Waals surface area (Å²) in [6, 6.07) is 2.19. The molecule has 1 aliphatic rings. The largest absolute Gasteiger partial charge is 0.472 e. The first-order chi connectivity index (χ1) is 9.74. The van der Waals surface area contributed by atoms with Crippen LogP contribution in [0.2, 0.25) is 0 Å². The number of amides is 1. The van der Waals surface area contributed by atoms with Gasteiger partial charge in [-0.15, -0.1) is 36.2 Å². The number of nitrogens with one attached hydrogen (secondary N) is 1. The van der Waals surface area contributed by atoms with Crippen molar-refractivity contribution in [3.8, 4) is 10.6 Å². The van der Waals surface area contributed by atoms with Gasteiger partial charge in [0.25, 0.3) is 0 Å². The predicted molar refractivity (Wildman–Crippen MR) is 92.1 cm³/mol. The average Bonchev–Trinajstić information content (AvgIpc) is 3.19. The molecule has 0 aliphatic carbocycles. The van der Waals surface area contributed by atoms with Crippen LogP contribution in [0.5, 0.6) is 0 Å². The minimum absolute atomic E-state index is 0. The predicted octanol–water partition coefficient (Wildman–Crippen LogP) is 2.61. The van der Waals surface area contributed by atoms with Crippen LogP contribution in [0.3, 0.4) is 0 Å². The lowest BCUT2D eigenvalue weighted by atomic mass is 10.2. The maximum atomic E-state index is 12.2. The second kappa shape index (κ2) is 8.53. The summed E-state index contributed by atoms with van der Waals surface area (Å²) in [7, 11) is 1.88. The van der Waals surface area contributed by atoms with Gasteiger partial charge in [-0.1, -0.05) is 0 Å². The van der Waals surface area contributed by atoms with E-state index in [4.69, 9.17) is 4.42 Å². The lowest BCUT2D eigenvalue weighted by Gasteiger charge is -2.23. The minimum atomic E-state index is 0. The zero-order chi connectivity index (χ0) is 13.9. The average molecular weight is 364 g/mol. The van der Waals surface area contributed by atoms with E-state index in [-0.39, 0.29) is 30.7 Å². The van der Waals surface area contributed by atoms with Gasteiger partial charge in [-0.25, -0.2) is 4.98 Å². The number of rotatable bonds is 4. The molecule has 8 heteroatoms. The summed E-state index contributed by atoms with van der Waals surface area (Å²) in [5.41, 5.74) is 1.79. The first-order valence-electron chi connectivity index (χ1n) is 6.67. The van der Waals surface area contributed by atoms with Crippen molar-refractivity contribution in [2.75, 3.05) is 20.1 Å². The fraction of sp³-hybridized carbons (Fsp3) is 0.429. The van der Waals surface area contributed by atoms with Gasteiger partial charge >= 0.3 is 0 Å². The van der Waals surface area contributed by atoms with E-state index in [1.807, 2.05) is 23.4 Å². The maximum absolute atomic E-state index is 12.2. The molecule has 1 N–H and O–H groups in total. The molecule has 1 amide bonds. The molecule has 2 aromatic rings. The van der Waals surface area contributed by atoms with Gasteiger partial charge in [-0.05, 0) is 19.0 Å². The van der Waals surface area contributed by atoms with E-state index in [1.54, 1.807) is 12.5 Å². The van der Waals surface area contributed by atoms with E-state index in [9.17, 15) is 4.79 Å². The Hall–Kier alpha value is -1.08. The highest BCUT2D eigenvalue weighted by molar-refractivity contribution is 7.13. The van der Waals surface area contributed by atoms with Crippen LogP contribution in [-0.2, 0) is 11.2 Å². The number of halogens is 2. The van der Waals surface area contributed by atoms with Crippen LogP contribution in [0.4, 0.5) is 0 Å². The van der Waals surface area contributed by atoms with Gasteiger partial charge in [0.2, 0.25) is 5.91 Å². The molecule has 5 nitrogen and oxygen atoms in total. The number of nitrogens with zero attached hydrogens (tertiary/aromatic N) is 2. The zero-order valence-corrected chi connectivity index (χ0v) is 14.6. The van der Waals surface area contributed by atoms with Crippen LogP contribution >= 0.6 is 36.2 Å². The fourth-order valence-electron chi connectivity index (χ4n) is 2.36. The summed E-state index contributed by atoms with van der Waals surface area (Å²) >= 11 is 1.54. The molecule has 3 rings (SSSR count). The molecule has 1 atom stereocenters. The Balaban J connectivity index is 0.00000121. The number of furan rings is 1. The molecule has 0 radical (unpaired) electrons. The van der Waals surface area contributed by atoms with Crippen molar-refractivity contribution < 1.29 is 9.21 Å². The van der Waals surface area contributed by atoms with Gasteiger partial charge in [0.05, 0.1) is 18.4 Å². The lowest BCUT2D eigenvalue weighted by molar-refractivity contribution is -0.130. The Morgan fingerprint density at radius 2 is 2.36 bits per heavy atom. The van der Waals surface area contributed by atoms with Crippen molar-refractivity contribution in [2.24, 2.45) is 0 Å². The monoisotopic (exact) mass is 363 g/mol. The zero-order valence-electron chi connectivity index (χ0n) is 12.2. The summed E-state index contributed by atoms with van der Waals surface area (Å²) in [6.45, 7) is 1.88. The van der Waals surface area contributed by atoms with Gasteiger partial charge in [-0.2, -0.15) is 0 Å². The second-order valence-electron chi connectivity index (χ2n) is 4.98. The normalized spacial score (nSPS) is 16.7. The summed E-state index contributed by atoms with van der Waals surface area (Å²) in [4.78, 5) is 18.6. The first-order valence-corrected chi connectivity index (χ1v) is 7.55. The van der Waals surface area contributed by atoms with Crippen molar-refractivity contribution in [3.63, 3.8) is 0 Å². The lowest BCUT2D eigenvalue weighted by Crippen LogP contribution is -2.39. The molecule has 122 valence electrons. The highest BCUT2D eigenvalue weighted by Gasteiger charge is 2.23. The van der Waals surface area contributed by atoms with Crippen LogP contribution in [0.25, 0.3) is 10.6 Å². The fourth-order valence-corrected chi connectivity index (χ4v) is 3.17. The van der Waals surface area contributed by atoms with E-state index in [2.05, 4.69) is 10.3 Å². The second-order valence-corrected chi connectivity index (χ2v) is 5.84. The Morgan fingerprint density at radius 1 is 1.55 bits per heavy atom. The first kappa shape index (κ1) is 19.0. The maximum Gasteiger partial charge on any atom is 0.228 e. The van der Waals surface area contributed by atoms with Gasteiger partial charge in [-0.3, -0.25) is 4.79 Å². The molecule has 1 aliphatic heterocycles.